The third-order valence-corrected chi connectivity index (χ3v) is 4.88. The molecule has 0 saturated carbocycles. The first-order valence-corrected chi connectivity index (χ1v) is 7.75. The highest BCUT2D eigenvalue weighted by atomic mass is 32.1. The van der Waals surface area contributed by atoms with Crippen LogP contribution < -0.4 is 10.6 Å². The van der Waals surface area contributed by atoms with E-state index >= 15 is 0 Å². The molecule has 0 aromatic carbocycles. The summed E-state index contributed by atoms with van der Waals surface area (Å²) in [5.41, 5.74) is 5.65. The molecular weight excluding hydrogens is 256 g/mol. The highest BCUT2D eigenvalue weighted by Gasteiger charge is 2.21. The maximum absolute atomic E-state index is 5.65. The smallest absolute Gasteiger partial charge is 0.140 e. The van der Waals surface area contributed by atoms with Crippen LogP contribution in [0.4, 0.5) is 5.82 Å². The van der Waals surface area contributed by atoms with Crippen LogP contribution in [0.3, 0.4) is 0 Å². The number of piperidine rings is 1. The van der Waals surface area contributed by atoms with Crippen molar-refractivity contribution in [2.24, 2.45) is 11.7 Å². The van der Waals surface area contributed by atoms with Gasteiger partial charge in [0.25, 0.3) is 0 Å². The van der Waals surface area contributed by atoms with Gasteiger partial charge in [-0.2, -0.15) is 0 Å². The van der Waals surface area contributed by atoms with Gasteiger partial charge in [-0.3, -0.25) is 0 Å². The topological polar surface area (TPSA) is 55.0 Å². The number of aryl methyl sites for hydroxylation is 1. The minimum absolute atomic E-state index is 0.794. The molecular formula is C14H20N4S. The molecule has 5 heteroatoms. The SMILES string of the molecule is Cc1cc2c(N3CCC(CCN)CC3)ncnc2s1. The lowest BCUT2D eigenvalue weighted by atomic mass is 9.93. The number of hydrogen-bond acceptors (Lipinski definition) is 5. The second-order valence-corrected chi connectivity index (χ2v) is 6.52. The summed E-state index contributed by atoms with van der Waals surface area (Å²) in [4.78, 5) is 13.7. The van der Waals surface area contributed by atoms with E-state index < -0.39 is 0 Å². The van der Waals surface area contributed by atoms with Gasteiger partial charge < -0.3 is 10.6 Å². The number of nitrogens with zero attached hydrogens (tertiary/aromatic N) is 3. The fraction of sp³-hybridized carbons (Fsp3) is 0.571. The van der Waals surface area contributed by atoms with E-state index in [-0.39, 0.29) is 0 Å². The number of thiophene rings is 1. The molecule has 0 atom stereocenters. The molecule has 3 heterocycles. The van der Waals surface area contributed by atoms with Gasteiger partial charge in [0, 0.05) is 18.0 Å². The summed E-state index contributed by atoms with van der Waals surface area (Å²) >= 11 is 1.74. The Bertz CT molecular complexity index is 558. The highest BCUT2D eigenvalue weighted by Crippen LogP contribution is 2.32. The molecule has 3 rings (SSSR count). The minimum Gasteiger partial charge on any atom is -0.356 e. The van der Waals surface area contributed by atoms with Crippen LogP contribution in [0.2, 0.25) is 0 Å². The Morgan fingerprint density at radius 1 is 1.37 bits per heavy atom. The van der Waals surface area contributed by atoms with Crippen molar-refractivity contribution in [3.05, 3.63) is 17.3 Å². The summed E-state index contributed by atoms with van der Waals surface area (Å²) < 4.78 is 0. The summed E-state index contributed by atoms with van der Waals surface area (Å²) in [5.74, 6) is 1.91. The Morgan fingerprint density at radius 3 is 2.89 bits per heavy atom. The largest absolute Gasteiger partial charge is 0.356 e. The maximum atomic E-state index is 5.65. The molecule has 1 aliphatic heterocycles. The second kappa shape index (κ2) is 5.43. The van der Waals surface area contributed by atoms with Gasteiger partial charge in [-0.1, -0.05) is 0 Å². The lowest BCUT2D eigenvalue weighted by molar-refractivity contribution is 0.385. The molecule has 102 valence electrons. The predicted octanol–water partition coefficient (Wildman–Crippen LogP) is 2.56. The molecule has 0 amide bonds. The lowest BCUT2D eigenvalue weighted by Crippen LogP contribution is -2.34. The molecule has 1 fully saturated rings. The zero-order valence-electron chi connectivity index (χ0n) is 11.3. The standard InChI is InChI=1S/C14H20N4S/c1-10-8-12-13(16-9-17-14(12)19-10)18-6-3-11(2-5-15)4-7-18/h8-9,11H,2-7,15H2,1H3. The number of anilines is 1. The fourth-order valence-electron chi connectivity index (χ4n) is 2.88. The summed E-state index contributed by atoms with van der Waals surface area (Å²) in [6, 6.07) is 2.21. The zero-order valence-corrected chi connectivity index (χ0v) is 12.1. The molecule has 1 saturated heterocycles. The first kappa shape index (κ1) is 12.8. The van der Waals surface area contributed by atoms with Crippen LogP contribution in [0, 0.1) is 12.8 Å². The van der Waals surface area contributed by atoms with Crippen LogP contribution in [0.15, 0.2) is 12.4 Å². The lowest BCUT2D eigenvalue weighted by Gasteiger charge is -2.32. The Kier molecular flexibility index (Phi) is 3.66. The van der Waals surface area contributed by atoms with Crippen LogP contribution in [-0.4, -0.2) is 29.6 Å². The van der Waals surface area contributed by atoms with Crippen LogP contribution in [0.25, 0.3) is 10.2 Å². The molecule has 0 bridgehead atoms. The Hall–Kier alpha value is -1.20. The van der Waals surface area contributed by atoms with Gasteiger partial charge in [-0.25, -0.2) is 9.97 Å². The summed E-state index contributed by atoms with van der Waals surface area (Å²) in [5, 5.41) is 1.21. The van der Waals surface area contributed by atoms with Crippen molar-refractivity contribution in [1.82, 2.24) is 9.97 Å². The summed E-state index contributed by atoms with van der Waals surface area (Å²) in [7, 11) is 0. The average molecular weight is 276 g/mol. The molecule has 0 aliphatic carbocycles. The van der Waals surface area contributed by atoms with Gasteiger partial charge in [0.2, 0.25) is 0 Å². The second-order valence-electron chi connectivity index (χ2n) is 5.28. The molecule has 0 radical (unpaired) electrons. The van der Waals surface area contributed by atoms with Crippen molar-refractivity contribution in [2.75, 3.05) is 24.5 Å². The van der Waals surface area contributed by atoms with Crippen molar-refractivity contribution >= 4 is 27.4 Å². The molecule has 4 nitrogen and oxygen atoms in total. The molecule has 2 aromatic heterocycles. The van der Waals surface area contributed by atoms with E-state index in [0.717, 1.165) is 42.6 Å². The maximum Gasteiger partial charge on any atom is 0.140 e. The van der Waals surface area contributed by atoms with Crippen LogP contribution in [-0.2, 0) is 0 Å². The molecule has 2 aromatic rings. The monoisotopic (exact) mass is 276 g/mol. The van der Waals surface area contributed by atoms with E-state index in [1.54, 1.807) is 17.7 Å². The molecule has 19 heavy (non-hydrogen) atoms. The van der Waals surface area contributed by atoms with E-state index in [4.69, 9.17) is 5.73 Å². The molecule has 0 unspecified atom stereocenters. The quantitative estimate of drug-likeness (QED) is 0.936. The van der Waals surface area contributed by atoms with Gasteiger partial charge in [0.15, 0.2) is 0 Å². The first-order chi connectivity index (χ1) is 9.28. The predicted molar refractivity (Wildman–Crippen MR) is 80.8 cm³/mol. The van der Waals surface area contributed by atoms with Crippen molar-refractivity contribution in [3.63, 3.8) is 0 Å². The van der Waals surface area contributed by atoms with E-state index in [2.05, 4.69) is 27.9 Å². The minimum atomic E-state index is 0.794. The number of nitrogens with two attached hydrogens (primary N) is 1. The van der Waals surface area contributed by atoms with E-state index in [0.29, 0.717) is 0 Å². The van der Waals surface area contributed by atoms with Crippen molar-refractivity contribution in [3.8, 4) is 0 Å². The Balaban J connectivity index is 1.81. The highest BCUT2D eigenvalue weighted by molar-refractivity contribution is 7.18. The number of aromatic nitrogens is 2. The van der Waals surface area contributed by atoms with Gasteiger partial charge in [0.05, 0.1) is 5.39 Å². The Morgan fingerprint density at radius 2 is 2.16 bits per heavy atom. The third-order valence-electron chi connectivity index (χ3n) is 3.92. The average Bonchev–Trinajstić information content (AvgIpc) is 2.80. The van der Waals surface area contributed by atoms with E-state index in [9.17, 15) is 0 Å². The fourth-order valence-corrected chi connectivity index (χ4v) is 3.73. The van der Waals surface area contributed by atoms with Crippen LogP contribution in [0.5, 0.6) is 0 Å². The third kappa shape index (κ3) is 2.58. The zero-order chi connectivity index (χ0) is 13.2. The van der Waals surface area contributed by atoms with Gasteiger partial charge >= 0.3 is 0 Å². The van der Waals surface area contributed by atoms with E-state index in [1.165, 1.54) is 23.1 Å². The molecule has 0 spiro atoms. The van der Waals surface area contributed by atoms with Gasteiger partial charge in [-0.05, 0) is 44.7 Å². The molecule has 2 N–H and O–H groups in total. The van der Waals surface area contributed by atoms with Gasteiger partial charge in [-0.15, -0.1) is 11.3 Å². The Labute approximate surface area is 117 Å². The number of fused-ring (bicyclic) bond motifs is 1. The van der Waals surface area contributed by atoms with Crippen LogP contribution in [0.1, 0.15) is 24.1 Å². The van der Waals surface area contributed by atoms with Crippen molar-refractivity contribution in [2.45, 2.75) is 26.2 Å². The first-order valence-electron chi connectivity index (χ1n) is 6.94. The number of hydrogen-bond donors (Lipinski definition) is 1. The van der Waals surface area contributed by atoms with E-state index in [1.807, 2.05) is 0 Å². The number of rotatable bonds is 3. The van der Waals surface area contributed by atoms with Gasteiger partial charge in [0.1, 0.15) is 17.0 Å². The molecule has 1 aliphatic rings. The van der Waals surface area contributed by atoms with Crippen molar-refractivity contribution < 1.29 is 0 Å². The summed E-state index contributed by atoms with van der Waals surface area (Å²) in [6.45, 7) is 5.12. The van der Waals surface area contributed by atoms with Crippen LogP contribution >= 0.6 is 11.3 Å². The van der Waals surface area contributed by atoms with Crippen molar-refractivity contribution in [1.29, 1.82) is 0 Å². The summed E-state index contributed by atoms with van der Waals surface area (Å²) in [6.07, 6.45) is 5.31. The normalized spacial score (nSPS) is 17.3.